The minimum Gasteiger partial charge on any atom is -0.497 e. The Balaban J connectivity index is 1.58. The molecule has 1 aliphatic heterocycles. The molecule has 2 aromatic rings. The lowest BCUT2D eigenvalue weighted by Gasteiger charge is -2.39. The maximum atomic E-state index is 11.5. The van der Waals surface area contributed by atoms with Gasteiger partial charge >= 0.3 is 0 Å². The maximum Gasteiger partial charge on any atom is 0.248 e. The van der Waals surface area contributed by atoms with Crippen LogP contribution >= 0.6 is 0 Å². The van der Waals surface area contributed by atoms with Gasteiger partial charge in [-0.1, -0.05) is 0 Å². The highest BCUT2D eigenvalue weighted by Gasteiger charge is 2.29. The number of ether oxygens (including phenoxy) is 2. The van der Waals surface area contributed by atoms with E-state index >= 15 is 0 Å². The number of rotatable bonds is 6. The average molecular weight is 342 g/mol. The molecule has 0 spiro atoms. The molecule has 25 heavy (non-hydrogen) atoms. The smallest absolute Gasteiger partial charge is 0.248 e. The molecule has 1 aromatic heterocycles. The monoisotopic (exact) mass is 342 g/mol. The Kier molecular flexibility index (Phi) is 5.14. The van der Waals surface area contributed by atoms with Crippen molar-refractivity contribution in [3.8, 4) is 17.0 Å². The van der Waals surface area contributed by atoms with Crippen molar-refractivity contribution in [3.63, 3.8) is 0 Å². The first-order chi connectivity index (χ1) is 12.1. The van der Waals surface area contributed by atoms with Gasteiger partial charge in [-0.2, -0.15) is 0 Å². The van der Waals surface area contributed by atoms with Gasteiger partial charge in [0.1, 0.15) is 24.5 Å². The maximum absolute atomic E-state index is 11.5. The third kappa shape index (κ3) is 4.06. The van der Waals surface area contributed by atoms with E-state index in [2.05, 4.69) is 14.9 Å². The molecule has 0 bridgehead atoms. The minimum atomic E-state index is -0.0257. The van der Waals surface area contributed by atoms with Gasteiger partial charge in [0.15, 0.2) is 0 Å². The van der Waals surface area contributed by atoms with Crippen LogP contribution in [-0.2, 0) is 9.53 Å². The van der Waals surface area contributed by atoms with Gasteiger partial charge in [0, 0.05) is 38.8 Å². The Morgan fingerprint density at radius 1 is 1.24 bits per heavy atom. The highest BCUT2D eigenvalue weighted by Crippen LogP contribution is 2.25. The van der Waals surface area contributed by atoms with E-state index in [0.717, 1.165) is 35.9 Å². The first kappa shape index (κ1) is 17.2. The van der Waals surface area contributed by atoms with E-state index in [9.17, 15) is 4.79 Å². The second kappa shape index (κ2) is 7.48. The van der Waals surface area contributed by atoms with Crippen LogP contribution in [-0.4, -0.2) is 67.8 Å². The van der Waals surface area contributed by atoms with Crippen LogP contribution in [0.4, 0.5) is 5.82 Å². The van der Waals surface area contributed by atoms with E-state index in [1.54, 1.807) is 27.5 Å². The Bertz CT molecular complexity index is 727. The van der Waals surface area contributed by atoms with E-state index in [1.165, 1.54) is 4.90 Å². The molecule has 1 amide bonds. The van der Waals surface area contributed by atoms with Gasteiger partial charge in [0.25, 0.3) is 0 Å². The van der Waals surface area contributed by atoms with Gasteiger partial charge < -0.3 is 19.3 Å². The summed E-state index contributed by atoms with van der Waals surface area (Å²) in [7, 11) is 5.09. The average Bonchev–Trinajstić information content (AvgIpc) is 2.60. The van der Waals surface area contributed by atoms with Crippen LogP contribution in [0.3, 0.4) is 0 Å². The van der Waals surface area contributed by atoms with Crippen molar-refractivity contribution in [2.75, 3.05) is 45.8 Å². The fourth-order valence-electron chi connectivity index (χ4n) is 2.49. The lowest BCUT2D eigenvalue weighted by molar-refractivity contribution is -0.136. The molecular formula is C18H22N4O3. The van der Waals surface area contributed by atoms with Crippen LogP contribution in [0.15, 0.2) is 36.7 Å². The number of nitrogens with zero attached hydrogens (tertiary/aromatic N) is 4. The number of anilines is 1. The summed E-state index contributed by atoms with van der Waals surface area (Å²) in [6.45, 7) is 1.56. The Morgan fingerprint density at radius 3 is 2.60 bits per heavy atom. The van der Waals surface area contributed by atoms with Gasteiger partial charge in [0.05, 0.1) is 18.9 Å². The predicted octanol–water partition coefficient (Wildman–Crippen LogP) is 1.45. The van der Waals surface area contributed by atoms with Gasteiger partial charge in [0.2, 0.25) is 5.91 Å². The molecule has 1 fully saturated rings. The van der Waals surface area contributed by atoms with Crippen LogP contribution in [0.5, 0.6) is 5.75 Å². The lowest BCUT2D eigenvalue weighted by Crippen LogP contribution is -2.53. The zero-order chi connectivity index (χ0) is 17.8. The molecule has 0 N–H and O–H groups in total. The highest BCUT2D eigenvalue weighted by molar-refractivity contribution is 5.76. The summed E-state index contributed by atoms with van der Waals surface area (Å²) < 4.78 is 10.8. The van der Waals surface area contributed by atoms with E-state index in [-0.39, 0.29) is 18.6 Å². The minimum absolute atomic E-state index is 0.0257. The topological polar surface area (TPSA) is 67.8 Å². The molecule has 2 heterocycles. The van der Waals surface area contributed by atoms with Gasteiger partial charge in [-0.3, -0.25) is 4.79 Å². The normalized spacial score (nSPS) is 14.1. The van der Waals surface area contributed by atoms with Crippen molar-refractivity contribution in [2.45, 2.75) is 6.10 Å². The van der Waals surface area contributed by atoms with Gasteiger partial charge in [-0.05, 0) is 24.3 Å². The number of likely N-dealkylation sites (N-methyl/N-ethyl adjacent to an activating group) is 1. The summed E-state index contributed by atoms with van der Waals surface area (Å²) in [4.78, 5) is 23.9. The summed E-state index contributed by atoms with van der Waals surface area (Å²) in [5.74, 6) is 1.65. The summed E-state index contributed by atoms with van der Waals surface area (Å²) in [5, 5.41) is 0. The summed E-state index contributed by atoms with van der Waals surface area (Å²) in [6.07, 6.45) is 1.63. The van der Waals surface area contributed by atoms with Crippen molar-refractivity contribution in [1.82, 2.24) is 14.9 Å². The molecule has 0 atom stereocenters. The highest BCUT2D eigenvalue weighted by atomic mass is 16.5. The van der Waals surface area contributed by atoms with Crippen LogP contribution < -0.4 is 9.64 Å². The zero-order valence-corrected chi connectivity index (χ0v) is 14.7. The fraction of sp³-hybridized carbons (Fsp3) is 0.389. The quantitative estimate of drug-likeness (QED) is 0.791. The van der Waals surface area contributed by atoms with Crippen molar-refractivity contribution < 1.29 is 14.3 Å². The molecule has 3 rings (SSSR count). The number of benzene rings is 1. The first-order valence-electron chi connectivity index (χ1n) is 8.10. The molecule has 132 valence electrons. The molecule has 0 radical (unpaired) electrons. The van der Waals surface area contributed by atoms with Crippen LogP contribution in [0.25, 0.3) is 11.3 Å². The number of carbonyl (C=O) groups excluding carboxylic acids is 1. The van der Waals surface area contributed by atoms with Crippen molar-refractivity contribution in [1.29, 1.82) is 0 Å². The van der Waals surface area contributed by atoms with E-state index in [1.807, 2.05) is 30.3 Å². The second-order valence-corrected chi connectivity index (χ2v) is 6.12. The van der Waals surface area contributed by atoms with Gasteiger partial charge in [-0.15, -0.1) is 0 Å². The molecule has 1 aliphatic rings. The Morgan fingerprint density at radius 2 is 1.96 bits per heavy atom. The lowest BCUT2D eigenvalue weighted by atomic mass is 10.1. The van der Waals surface area contributed by atoms with Crippen LogP contribution in [0.2, 0.25) is 0 Å². The number of methoxy groups -OCH3 is 1. The number of aromatic nitrogens is 2. The standard InChI is InChI=1S/C18H22N4O3/c1-21(2)18(23)11-25-15-9-22(10-15)17-8-16(19-12-20-17)13-4-6-14(24-3)7-5-13/h4-8,12,15H,9-11H2,1-3H3. The molecule has 7 nitrogen and oxygen atoms in total. The third-order valence-electron chi connectivity index (χ3n) is 4.15. The molecule has 7 heteroatoms. The number of hydrogen-bond donors (Lipinski definition) is 0. The van der Waals surface area contributed by atoms with Crippen LogP contribution in [0, 0.1) is 0 Å². The van der Waals surface area contributed by atoms with E-state index < -0.39 is 0 Å². The molecule has 1 saturated heterocycles. The SMILES string of the molecule is COc1ccc(-c2cc(N3CC(OCC(=O)N(C)C)C3)ncn2)cc1. The molecule has 0 saturated carbocycles. The van der Waals surface area contributed by atoms with Crippen molar-refractivity contribution in [3.05, 3.63) is 36.7 Å². The summed E-state index contributed by atoms with van der Waals surface area (Å²) in [5.41, 5.74) is 1.87. The molecule has 0 aliphatic carbocycles. The largest absolute Gasteiger partial charge is 0.497 e. The molecule has 1 aromatic carbocycles. The fourth-order valence-corrected chi connectivity index (χ4v) is 2.49. The number of amides is 1. The Labute approximate surface area is 147 Å². The number of carbonyl (C=O) groups is 1. The predicted molar refractivity (Wildman–Crippen MR) is 94.7 cm³/mol. The zero-order valence-electron chi connectivity index (χ0n) is 14.7. The van der Waals surface area contributed by atoms with E-state index in [4.69, 9.17) is 9.47 Å². The summed E-state index contributed by atoms with van der Waals surface area (Å²) >= 11 is 0. The molecule has 0 unspecified atom stereocenters. The molecular weight excluding hydrogens is 320 g/mol. The third-order valence-corrected chi connectivity index (χ3v) is 4.15. The van der Waals surface area contributed by atoms with E-state index in [0.29, 0.717) is 0 Å². The van der Waals surface area contributed by atoms with Crippen molar-refractivity contribution in [2.24, 2.45) is 0 Å². The van der Waals surface area contributed by atoms with Gasteiger partial charge in [-0.25, -0.2) is 9.97 Å². The second-order valence-electron chi connectivity index (χ2n) is 6.12. The van der Waals surface area contributed by atoms with Crippen LogP contribution in [0.1, 0.15) is 0 Å². The summed E-state index contributed by atoms with van der Waals surface area (Å²) in [6, 6.07) is 9.72. The van der Waals surface area contributed by atoms with Crippen molar-refractivity contribution >= 4 is 11.7 Å². The number of hydrogen-bond acceptors (Lipinski definition) is 6. The Hall–Kier alpha value is -2.67. The first-order valence-corrected chi connectivity index (χ1v) is 8.10.